The van der Waals surface area contributed by atoms with Crippen molar-refractivity contribution >= 4 is 23.0 Å². The van der Waals surface area contributed by atoms with Gasteiger partial charge in [-0.3, -0.25) is 19.6 Å². The monoisotopic (exact) mass is 502 g/mol. The van der Waals surface area contributed by atoms with E-state index in [1.807, 2.05) is 6.07 Å². The number of hydrogen-bond donors (Lipinski definition) is 4. The normalized spacial score (nSPS) is 14.2. The molecule has 4 heterocycles. The molecule has 0 spiro atoms. The second-order valence-electron chi connectivity index (χ2n) is 8.58. The number of rotatable bonds is 9. The van der Waals surface area contributed by atoms with E-state index in [9.17, 15) is 14.7 Å². The van der Waals surface area contributed by atoms with Gasteiger partial charge in [-0.1, -0.05) is 0 Å². The first-order valence-electron chi connectivity index (χ1n) is 11.1. The summed E-state index contributed by atoms with van der Waals surface area (Å²) in [7, 11) is 0. The molecule has 4 rings (SSSR count). The molecule has 0 bridgehead atoms. The van der Waals surface area contributed by atoms with E-state index in [1.165, 1.54) is 54.6 Å². The van der Waals surface area contributed by atoms with E-state index in [1.54, 1.807) is 24.3 Å². The number of nitriles is 1. The molecule has 0 radical (unpaired) electrons. The van der Waals surface area contributed by atoms with Gasteiger partial charge in [0.2, 0.25) is 5.91 Å². The number of primary amides is 1. The number of pyridine rings is 2. The van der Waals surface area contributed by atoms with Gasteiger partial charge in [-0.25, -0.2) is 8.91 Å². The lowest BCUT2D eigenvalue weighted by Crippen LogP contribution is -2.50. The largest absolute Gasteiger partial charge is 0.385 e. The van der Waals surface area contributed by atoms with Crippen LogP contribution in [-0.2, 0) is 0 Å². The lowest BCUT2D eigenvalue weighted by atomic mass is 9.92. The second kappa shape index (κ2) is 10.4. The van der Waals surface area contributed by atoms with Crippen molar-refractivity contribution in [2.24, 2.45) is 5.73 Å². The third kappa shape index (κ3) is 5.52. The molecule has 2 amide bonds. The first-order valence-corrected chi connectivity index (χ1v) is 11.1. The second-order valence-corrected chi connectivity index (χ2v) is 8.58. The van der Waals surface area contributed by atoms with E-state index in [4.69, 9.17) is 11.0 Å². The van der Waals surface area contributed by atoms with Crippen LogP contribution in [-0.4, -0.2) is 54.8 Å². The molecule has 0 saturated heterocycles. The highest BCUT2D eigenvalue weighted by atomic mass is 19.1. The molecule has 0 unspecified atom stereocenters. The summed E-state index contributed by atoms with van der Waals surface area (Å²) < 4.78 is 17.6. The zero-order valence-electron chi connectivity index (χ0n) is 19.7. The Balaban J connectivity index is 1.65. The third-order valence-electron chi connectivity index (χ3n) is 5.75. The summed E-state index contributed by atoms with van der Waals surface area (Å²) in [5.74, 6) is -1.29. The van der Waals surface area contributed by atoms with Crippen molar-refractivity contribution < 1.29 is 19.1 Å². The molecule has 0 aliphatic carbocycles. The van der Waals surface area contributed by atoms with Crippen molar-refractivity contribution in [2.45, 2.75) is 24.7 Å². The minimum absolute atomic E-state index is 0.144. The van der Waals surface area contributed by atoms with Crippen LogP contribution in [0.15, 0.2) is 67.4 Å². The van der Waals surface area contributed by atoms with Crippen LogP contribution in [0.4, 0.5) is 10.1 Å². The number of carbonyl (C=O) groups is 2. The van der Waals surface area contributed by atoms with Crippen LogP contribution in [0.5, 0.6) is 0 Å². The van der Waals surface area contributed by atoms with Crippen LogP contribution < -0.4 is 16.4 Å². The number of halogens is 1. The van der Waals surface area contributed by atoms with Gasteiger partial charge < -0.3 is 21.5 Å². The van der Waals surface area contributed by atoms with Gasteiger partial charge in [0.05, 0.1) is 39.8 Å². The van der Waals surface area contributed by atoms with Crippen LogP contribution in [0.3, 0.4) is 0 Å². The quantitative estimate of drug-likeness (QED) is 0.268. The Morgan fingerprint density at radius 3 is 2.68 bits per heavy atom. The molecule has 11 nitrogen and oxygen atoms in total. The van der Waals surface area contributed by atoms with Gasteiger partial charge >= 0.3 is 0 Å². The summed E-state index contributed by atoms with van der Waals surface area (Å²) in [6, 6.07) is 9.94. The number of hydrogen-bond acceptors (Lipinski definition) is 8. The molecule has 12 heteroatoms. The molecule has 0 saturated carbocycles. The van der Waals surface area contributed by atoms with Crippen LogP contribution in [0, 0.1) is 11.3 Å². The van der Waals surface area contributed by atoms with Crippen molar-refractivity contribution in [3.63, 3.8) is 0 Å². The minimum Gasteiger partial charge on any atom is -0.385 e. The highest BCUT2D eigenvalue weighted by Crippen LogP contribution is 2.30. The summed E-state index contributed by atoms with van der Waals surface area (Å²) in [6.45, 7) is 0.975. The zero-order valence-corrected chi connectivity index (χ0v) is 19.7. The predicted molar refractivity (Wildman–Crippen MR) is 131 cm³/mol. The Morgan fingerprint density at radius 1 is 1.19 bits per heavy atom. The number of nitrogens with two attached hydrogens (primary N) is 1. The topological polar surface area (TPSA) is 171 Å². The molecule has 188 valence electrons. The van der Waals surface area contributed by atoms with Gasteiger partial charge in [-0.2, -0.15) is 10.4 Å². The predicted octanol–water partition coefficient (Wildman–Crippen LogP) is 1.77. The van der Waals surface area contributed by atoms with Crippen LogP contribution >= 0.6 is 0 Å². The van der Waals surface area contributed by atoms with Crippen molar-refractivity contribution in [1.29, 1.82) is 5.26 Å². The average Bonchev–Trinajstić information content (AvgIpc) is 3.33. The first kappa shape index (κ1) is 25.2. The third-order valence-corrected chi connectivity index (χ3v) is 5.75. The number of anilines is 1. The number of aromatic nitrogens is 4. The maximum atomic E-state index is 16.2. The van der Waals surface area contributed by atoms with Crippen LogP contribution in [0.25, 0.3) is 5.52 Å². The van der Waals surface area contributed by atoms with E-state index in [0.29, 0.717) is 16.8 Å². The molecule has 0 aliphatic rings. The van der Waals surface area contributed by atoms with Crippen molar-refractivity contribution in [2.75, 3.05) is 11.9 Å². The van der Waals surface area contributed by atoms with E-state index < -0.39 is 29.6 Å². The Labute approximate surface area is 210 Å². The Bertz CT molecular complexity index is 1480. The highest BCUT2D eigenvalue weighted by Gasteiger charge is 2.41. The van der Waals surface area contributed by atoms with Crippen molar-refractivity contribution in [1.82, 2.24) is 24.9 Å². The zero-order chi connectivity index (χ0) is 26.6. The number of fused-ring (bicyclic) bond motifs is 1. The Hall–Kier alpha value is -4.89. The maximum Gasteiger partial charge on any atom is 0.253 e. The standard InChI is InChI=1S/C25H23FN8O3/c1-25(37,14-31-18-8-17(23(28)35)12-30-13-18)22(26)21(33-24(36)16-3-2-6-29-11-16)20-5-4-19-7-15(9-27)10-32-34(19)20/h2-8,10-13,21-22,31,37H,14H2,1H3,(H2,28,35)(H,33,36)/t21-,22-,25-/m1/s1. The van der Waals surface area contributed by atoms with E-state index in [2.05, 4.69) is 25.7 Å². The first-order chi connectivity index (χ1) is 17.7. The average molecular weight is 503 g/mol. The number of nitrogens with one attached hydrogen (secondary N) is 2. The SMILES string of the molecule is C[C@@](O)(CNc1cncc(C(N)=O)c1)[C@H](F)[C@H](NC(=O)c1cccnc1)c1ccc2cc(C#N)cnn12. The fourth-order valence-corrected chi connectivity index (χ4v) is 3.74. The molecule has 4 aromatic heterocycles. The van der Waals surface area contributed by atoms with Gasteiger partial charge in [0.25, 0.3) is 5.91 Å². The molecule has 0 aliphatic heterocycles. The fourth-order valence-electron chi connectivity index (χ4n) is 3.74. The molecule has 5 N–H and O–H groups in total. The van der Waals surface area contributed by atoms with Crippen LogP contribution in [0.2, 0.25) is 0 Å². The highest BCUT2D eigenvalue weighted by molar-refractivity contribution is 5.94. The number of aliphatic hydroxyl groups is 1. The van der Waals surface area contributed by atoms with E-state index in [-0.39, 0.29) is 23.4 Å². The van der Waals surface area contributed by atoms with Gasteiger partial charge in [0.1, 0.15) is 17.7 Å². The molecule has 37 heavy (non-hydrogen) atoms. The van der Waals surface area contributed by atoms with E-state index >= 15 is 4.39 Å². The number of carbonyl (C=O) groups excluding carboxylic acids is 2. The molecular formula is C25H23FN8O3. The molecule has 3 atom stereocenters. The summed E-state index contributed by atoms with van der Waals surface area (Å²) in [6.07, 6.45) is 4.81. The fraction of sp³-hybridized carbons (Fsp3) is 0.200. The molecule has 0 fully saturated rings. The Morgan fingerprint density at radius 2 is 1.97 bits per heavy atom. The van der Waals surface area contributed by atoms with Crippen LogP contribution in [0.1, 0.15) is 44.9 Å². The van der Waals surface area contributed by atoms with Gasteiger partial charge in [-0.05, 0) is 43.3 Å². The summed E-state index contributed by atoms with van der Waals surface area (Å²) >= 11 is 0. The molecule has 0 aromatic carbocycles. The lowest BCUT2D eigenvalue weighted by Gasteiger charge is -2.33. The summed E-state index contributed by atoms with van der Waals surface area (Å²) in [5, 5.41) is 30.0. The summed E-state index contributed by atoms with van der Waals surface area (Å²) in [4.78, 5) is 32.2. The van der Waals surface area contributed by atoms with Crippen molar-refractivity contribution in [3.05, 3.63) is 89.8 Å². The Kier molecular flexibility index (Phi) is 7.08. The minimum atomic E-state index is -2.04. The smallest absolute Gasteiger partial charge is 0.253 e. The van der Waals surface area contributed by atoms with Crippen molar-refractivity contribution in [3.8, 4) is 6.07 Å². The van der Waals surface area contributed by atoms with Gasteiger partial charge in [0, 0.05) is 31.3 Å². The lowest BCUT2D eigenvalue weighted by molar-refractivity contribution is -0.0253. The molecular weight excluding hydrogens is 479 g/mol. The van der Waals surface area contributed by atoms with Gasteiger partial charge in [0.15, 0.2) is 6.17 Å². The van der Waals surface area contributed by atoms with E-state index in [0.717, 1.165) is 0 Å². The molecule has 4 aromatic rings. The number of alkyl halides is 1. The number of nitrogens with zero attached hydrogens (tertiary/aromatic N) is 5. The van der Waals surface area contributed by atoms with Gasteiger partial charge in [-0.15, -0.1) is 0 Å². The maximum absolute atomic E-state index is 16.2. The number of amides is 2. The summed E-state index contributed by atoms with van der Waals surface area (Å²) in [5.41, 5.74) is 5.02.